The minimum atomic E-state index is -2.52. The number of nitrogens with zero attached hydrogens (tertiary/aromatic N) is 2. The molecule has 0 saturated carbocycles. The third kappa shape index (κ3) is 6.46. The summed E-state index contributed by atoms with van der Waals surface area (Å²) in [5.74, 6) is -1.26. The highest BCUT2D eigenvalue weighted by Gasteiger charge is 2.23. The van der Waals surface area contributed by atoms with E-state index in [4.69, 9.17) is 0 Å². The van der Waals surface area contributed by atoms with E-state index in [1.165, 1.54) is 16.4 Å². The average molecular weight is 581 g/mol. The molecule has 208 valence electrons. The maximum atomic E-state index is 12.2. The van der Waals surface area contributed by atoms with Gasteiger partial charge in [0.15, 0.2) is 0 Å². The van der Waals surface area contributed by atoms with Gasteiger partial charge in [0.25, 0.3) is 22.5 Å². The summed E-state index contributed by atoms with van der Waals surface area (Å²) in [5, 5.41) is 20.0. The van der Waals surface area contributed by atoms with Gasteiger partial charge >= 0.3 is 5.97 Å². The number of carboxylic acids is 1. The van der Waals surface area contributed by atoms with Crippen LogP contribution in [0.4, 0.5) is 22.7 Å². The third-order valence-corrected chi connectivity index (χ3v) is 7.74. The molecule has 9 nitrogen and oxygen atoms in total. The summed E-state index contributed by atoms with van der Waals surface area (Å²) in [6, 6.07) is 23.5. The quantitative estimate of drug-likeness (QED) is 0.178. The van der Waals surface area contributed by atoms with Crippen LogP contribution in [0.1, 0.15) is 38.2 Å². The first-order chi connectivity index (χ1) is 19.1. The number of anilines is 4. The first kappa shape index (κ1) is 29.1. The van der Waals surface area contributed by atoms with Crippen molar-refractivity contribution >= 4 is 51.3 Å². The molecular formula is C29H28N2O7S2. The molecule has 0 radical (unpaired) electrons. The number of hydrogen-bond donors (Lipinski definition) is 4. The van der Waals surface area contributed by atoms with Crippen molar-refractivity contribution in [2.75, 3.05) is 8.61 Å². The molecule has 2 atom stereocenters. The zero-order valence-electron chi connectivity index (χ0n) is 21.7. The van der Waals surface area contributed by atoms with Gasteiger partial charge in [-0.2, -0.15) is 0 Å². The fourth-order valence-corrected chi connectivity index (χ4v) is 5.62. The number of carboxylic acid groups (broad SMARTS) is 1. The summed E-state index contributed by atoms with van der Waals surface area (Å²) in [7, 11) is 0. The molecule has 2 unspecified atom stereocenters. The highest BCUT2D eigenvalue weighted by atomic mass is 32.2. The van der Waals surface area contributed by atoms with E-state index in [-0.39, 0.29) is 17.7 Å². The fraction of sp³-hybridized carbons (Fsp3) is 0.138. The number of rotatable bonds is 10. The zero-order valence-corrected chi connectivity index (χ0v) is 23.4. The summed E-state index contributed by atoms with van der Waals surface area (Å²) in [6.07, 6.45) is 0.285. The maximum Gasteiger partial charge on any atom is 0.337 e. The Labute approximate surface area is 237 Å². The number of aromatic carboxylic acids is 1. The molecule has 4 rings (SSSR count). The Hall–Kier alpha value is -3.87. The van der Waals surface area contributed by atoms with E-state index >= 15 is 0 Å². The minimum absolute atomic E-state index is 0.0616. The van der Waals surface area contributed by atoms with Gasteiger partial charge < -0.3 is 10.2 Å². The topological polar surface area (TPSA) is 139 Å². The van der Waals surface area contributed by atoms with Crippen molar-refractivity contribution in [3.05, 3.63) is 118 Å². The fourth-order valence-electron chi connectivity index (χ4n) is 4.34. The lowest BCUT2D eigenvalue weighted by Crippen LogP contribution is -2.22. The number of hydrogen-bond acceptors (Lipinski definition) is 4. The molecule has 4 N–H and O–H groups in total. The molecule has 0 saturated heterocycles. The van der Waals surface area contributed by atoms with Crippen molar-refractivity contribution in [3.63, 3.8) is 0 Å². The monoisotopic (exact) mass is 580 g/mol. The molecule has 11 heteroatoms. The molecule has 0 aliphatic carbocycles. The van der Waals surface area contributed by atoms with Crippen LogP contribution in [0.3, 0.4) is 0 Å². The average Bonchev–Trinajstić information content (AvgIpc) is 2.92. The van der Waals surface area contributed by atoms with Gasteiger partial charge in [-0.05, 0) is 73.9 Å². The molecule has 0 bridgehead atoms. The van der Waals surface area contributed by atoms with Crippen molar-refractivity contribution in [1.29, 1.82) is 0 Å². The van der Waals surface area contributed by atoms with Gasteiger partial charge in [-0.1, -0.05) is 53.6 Å². The highest BCUT2D eigenvalue weighted by molar-refractivity contribution is 7.81. The summed E-state index contributed by atoms with van der Waals surface area (Å²) in [4.78, 5) is 12.2. The SMILES string of the molecule is Cc1ccc(N(c2ccc(Cc3ccc(N(c4ccc(C)cc4)S(=O)O)c(C(=O)O)c3)cc2CO)S(=O)O)cc1. The van der Waals surface area contributed by atoms with E-state index in [1.807, 2.05) is 26.0 Å². The lowest BCUT2D eigenvalue weighted by atomic mass is 9.99. The standard InChI is InChI=1S/C29H28N2O7S2/c1-19-3-9-24(10-4-19)30(39(35)36)27-13-7-21(16-23(27)18-32)15-22-8-14-28(26(17-22)29(33)34)31(40(37)38)25-11-5-20(2)6-12-25/h3-14,16-17,32H,15,18H2,1-2H3,(H,33,34)(H,35,36)(H,37,38). The van der Waals surface area contributed by atoms with E-state index in [1.54, 1.807) is 60.7 Å². The number of aliphatic hydroxyl groups is 1. The van der Waals surface area contributed by atoms with E-state index in [0.717, 1.165) is 21.0 Å². The Morgan fingerprint density at radius 3 is 1.60 bits per heavy atom. The molecule has 0 spiro atoms. The maximum absolute atomic E-state index is 12.2. The lowest BCUT2D eigenvalue weighted by Gasteiger charge is -2.23. The van der Waals surface area contributed by atoms with Crippen molar-refractivity contribution in [2.45, 2.75) is 26.9 Å². The second-order valence-electron chi connectivity index (χ2n) is 9.18. The molecule has 40 heavy (non-hydrogen) atoms. The minimum Gasteiger partial charge on any atom is -0.478 e. The summed E-state index contributed by atoms with van der Waals surface area (Å²) < 4.78 is 46.7. The van der Waals surface area contributed by atoms with Gasteiger partial charge in [0.05, 0.1) is 34.9 Å². The van der Waals surface area contributed by atoms with Gasteiger partial charge in [-0.3, -0.25) is 9.11 Å². The van der Waals surface area contributed by atoms with Gasteiger partial charge in [0.2, 0.25) is 0 Å². The Balaban J connectivity index is 1.68. The van der Waals surface area contributed by atoms with Crippen LogP contribution < -0.4 is 8.61 Å². The Morgan fingerprint density at radius 1 is 0.700 bits per heavy atom. The van der Waals surface area contributed by atoms with Crippen LogP contribution in [0, 0.1) is 13.8 Å². The van der Waals surface area contributed by atoms with Crippen molar-refractivity contribution in [1.82, 2.24) is 0 Å². The number of benzene rings is 4. The molecule has 4 aromatic carbocycles. The van der Waals surface area contributed by atoms with E-state index in [9.17, 15) is 32.5 Å². The highest BCUT2D eigenvalue weighted by Crippen LogP contribution is 2.34. The van der Waals surface area contributed by atoms with Gasteiger partial charge in [-0.15, -0.1) is 0 Å². The van der Waals surface area contributed by atoms with E-state index in [2.05, 4.69) is 0 Å². The summed E-state index contributed by atoms with van der Waals surface area (Å²) in [6.45, 7) is 3.39. The van der Waals surface area contributed by atoms with Crippen LogP contribution in [0.15, 0.2) is 84.9 Å². The summed E-state index contributed by atoms with van der Waals surface area (Å²) in [5.41, 5.74) is 4.81. The molecule has 0 amide bonds. The van der Waals surface area contributed by atoms with Gasteiger partial charge in [0, 0.05) is 5.56 Å². The van der Waals surface area contributed by atoms with Crippen LogP contribution in [0.2, 0.25) is 0 Å². The van der Waals surface area contributed by atoms with Crippen molar-refractivity contribution in [3.8, 4) is 0 Å². The van der Waals surface area contributed by atoms with E-state index in [0.29, 0.717) is 28.2 Å². The first-order valence-corrected chi connectivity index (χ1v) is 14.3. The van der Waals surface area contributed by atoms with Gasteiger partial charge in [-0.25, -0.2) is 21.8 Å². The number of aryl methyl sites for hydroxylation is 2. The Kier molecular flexibility index (Phi) is 9.13. The molecule has 0 aliphatic heterocycles. The Bertz CT molecular complexity index is 1570. The third-order valence-electron chi connectivity index (χ3n) is 6.30. The van der Waals surface area contributed by atoms with E-state index < -0.39 is 35.1 Å². The second-order valence-corrected chi connectivity index (χ2v) is 10.8. The van der Waals surface area contributed by atoms with Crippen molar-refractivity contribution in [2.24, 2.45) is 0 Å². The van der Waals surface area contributed by atoms with Crippen molar-refractivity contribution < 1.29 is 32.5 Å². The van der Waals surface area contributed by atoms with Crippen LogP contribution in [-0.2, 0) is 35.6 Å². The first-order valence-electron chi connectivity index (χ1n) is 12.1. The number of aliphatic hydroxyl groups excluding tert-OH is 1. The van der Waals surface area contributed by atoms with Crippen LogP contribution >= 0.6 is 0 Å². The summed E-state index contributed by atoms with van der Waals surface area (Å²) >= 11 is -4.92. The molecule has 0 aromatic heterocycles. The normalized spacial score (nSPS) is 12.5. The second kappa shape index (κ2) is 12.5. The zero-order chi connectivity index (χ0) is 29.0. The van der Waals surface area contributed by atoms with Gasteiger partial charge in [0.1, 0.15) is 0 Å². The largest absolute Gasteiger partial charge is 0.478 e. The Morgan fingerprint density at radius 2 is 1.15 bits per heavy atom. The predicted octanol–water partition coefficient (Wildman–Crippen LogP) is 5.63. The molecule has 0 heterocycles. The predicted molar refractivity (Wildman–Crippen MR) is 157 cm³/mol. The molecule has 0 aliphatic rings. The lowest BCUT2D eigenvalue weighted by molar-refractivity contribution is 0.0697. The van der Waals surface area contributed by atoms with Crippen LogP contribution in [0.25, 0.3) is 0 Å². The molecule has 0 fully saturated rings. The molecular weight excluding hydrogens is 552 g/mol. The number of carbonyl (C=O) groups is 1. The van der Waals surface area contributed by atoms with Crippen LogP contribution in [-0.4, -0.2) is 33.7 Å². The molecule has 4 aromatic rings. The van der Waals surface area contributed by atoms with Crippen LogP contribution in [0.5, 0.6) is 0 Å². The smallest absolute Gasteiger partial charge is 0.337 e.